The smallest absolute Gasteiger partial charge is 0.243 e. The van der Waals surface area contributed by atoms with Crippen LogP contribution < -0.4 is 5.32 Å². The topological polar surface area (TPSA) is 92.5 Å². The molecule has 0 aliphatic carbocycles. The van der Waals surface area contributed by atoms with Crippen LogP contribution in [0.15, 0.2) is 70.4 Å². The number of alkyl halides is 1. The highest BCUT2D eigenvalue weighted by atomic mass is 127. The first-order valence-electron chi connectivity index (χ1n) is 12.7. The standard InChI is InChI=1S/C27H30BrIN6O2S/c1-2-20(15-29)21-5-7-23(8-6-21)38(36,37)34-12-9-22(10-13-34)25-14-26(31-17-19-4-3-11-30-16-19)35-27(33-25)24(28)18-32-35/h3-8,11,14,16,18,20,22,31H,2,9-10,12-13,15,17H2,1H3. The third-order valence-electron chi connectivity index (χ3n) is 7.19. The third kappa shape index (κ3) is 5.75. The highest BCUT2D eigenvalue weighted by Gasteiger charge is 2.31. The third-order valence-corrected chi connectivity index (χ3v) is 10.7. The zero-order valence-corrected chi connectivity index (χ0v) is 25.7. The van der Waals surface area contributed by atoms with Crippen molar-refractivity contribution >= 4 is 60.0 Å². The summed E-state index contributed by atoms with van der Waals surface area (Å²) in [6, 6.07) is 13.4. The molecule has 0 saturated carbocycles. The van der Waals surface area contributed by atoms with Gasteiger partial charge in [0.2, 0.25) is 10.0 Å². The van der Waals surface area contributed by atoms with E-state index in [0.717, 1.165) is 38.0 Å². The molecule has 38 heavy (non-hydrogen) atoms. The summed E-state index contributed by atoms with van der Waals surface area (Å²) in [6.45, 7) is 3.70. The van der Waals surface area contributed by atoms with Crippen LogP contribution in [0.1, 0.15) is 54.8 Å². The predicted octanol–water partition coefficient (Wildman–Crippen LogP) is 6.00. The van der Waals surface area contributed by atoms with Crippen LogP contribution in [0, 0.1) is 0 Å². The summed E-state index contributed by atoms with van der Waals surface area (Å²) in [4.78, 5) is 9.45. The lowest BCUT2D eigenvalue weighted by Gasteiger charge is -2.31. The second-order valence-corrected chi connectivity index (χ2v) is 13.2. The van der Waals surface area contributed by atoms with Gasteiger partial charge in [-0.3, -0.25) is 4.98 Å². The normalized spacial score (nSPS) is 16.1. The van der Waals surface area contributed by atoms with Crippen molar-refractivity contribution in [2.75, 3.05) is 22.8 Å². The van der Waals surface area contributed by atoms with Crippen LogP contribution >= 0.6 is 38.5 Å². The highest BCUT2D eigenvalue weighted by molar-refractivity contribution is 14.1. The van der Waals surface area contributed by atoms with Crippen molar-refractivity contribution in [2.24, 2.45) is 0 Å². The monoisotopic (exact) mass is 708 g/mol. The molecule has 0 bridgehead atoms. The largest absolute Gasteiger partial charge is 0.366 e. The van der Waals surface area contributed by atoms with E-state index >= 15 is 0 Å². The summed E-state index contributed by atoms with van der Waals surface area (Å²) in [5, 5.41) is 7.93. The van der Waals surface area contributed by atoms with E-state index in [4.69, 9.17) is 4.98 Å². The molecule has 4 aromatic rings. The molecule has 8 nitrogen and oxygen atoms in total. The first kappa shape index (κ1) is 27.5. The van der Waals surface area contributed by atoms with Gasteiger partial charge in [-0.25, -0.2) is 13.4 Å². The summed E-state index contributed by atoms with van der Waals surface area (Å²) in [5.41, 5.74) is 3.94. The predicted molar refractivity (Wildman–Crippen MR) is 161 cm³/mol. The Hall–Kier alpha value is -2.09. The van der Waals surface area contributed by atoms with Crippen molar-refractivity contribution in [3.05, 3.63) is 82.3 Å². The Kier molecular flexibility index (Phi) is 8.65. The summed E-state index contributed by atoms with van der Waals surface area (Å²) in [7, 11) is -3.53. The maximum Gasteiger partial charge on any atom is 0.243 e. The fourth-order valence-electron chi connectivity index (χ4n) is 4.87. The van der Waals surface area contributed by atoms with Crippen LogP contribution in [0.3, 0.4) is 0 Å². The van der Waals surface area contributed by atoms with Crippen molar-refractivity contribution in [1.29, 1.82) is 0 Å². The fourth-order valence-corrected chi connectivity index (χ4v) is 7.82. The van der Waals surface area contributed by atoms with Gasteiger partial charge in [0.1, 0.15) is 5.82 Å². The molecular weight excluding hydrogens is 679 g/mol. The minimum Gasteiger partial charge on any atom is -0.366 e. The molecule has 1 aliphatic rings. The van der Waals surface area contributed by atoms with Gasteiger partial charge in [0, 0.05) is 54.1 Å². The fraction of sp³-hybridized carbons (Fsp3) is 0.370. The van der Waals surface area contributed by atoms with Crippen LogP contribution in [0.4, 0.5) is 5.82 Å². The number of nitrogens with zero attached hydrogens (tertiary/aromatic N) is 5. The van der Waals surface area contributed by atoms with E-state index in [9.17, 15) is 8.42 Å². The molecule has 4 heterocycles. The number of rotatable bonds is 9. The first-order valence-corrected chi connectivity index (χ1v) is 16.5. The number of piperidine rings is 1. The lowest BCUT2D eigenvalue weighted by Crippen LogP contribution is -2.38. The second kappa shape index (κ2) is 12.0. The van der Waals surface area contributed by atoms with E-state index in [-0.39, 0.29) is 5.92 Å². The Balaban J connectivity index is 1.31. The molecule has 0 amide bonds. The molecule has 0 radical (unpaired) electrons. The lowest BCUT2D eigenvalue weighted by atomic mass is 9.94. The molecule has 1 aliphatic heterocycles. The molecule has 1 unspecified atom stereocenters. The Morgan fingerprint density at radius 1 is 1.16 bits per heavy atom. The van der Waals surface area contributed by atoms with Gasteiger partial charge in [0.15, 0.2) is 5.65 Å². The molecular formula is C27H30BrIN6O2S. The number of nitrogens with one attached hydrogen (secondary N) is 1. The van der Waals surface area contributed by atoms with Gasteiger partial charge in [-0.1, -0.05) is 47.7 Å². The molecule has 5 rings (SSSR count). The Morgan fingerprint density at radius 2 is 1.92 bits per heavy atom. The number of anilines is 1. The number of pyridine rings is 1. The number of benzene rings is 1. The van der Waals surface area contributed by atoms with Gasteiger partial charge in [0.25, 0.3) is 0 Å². The van der Waals surface area contributed by atoms with Crippen LogP contribution in [0.5, 0.6) is 0 Å². The van der Waals surface area contributed by atoms with Gasteiger partial charge < -0.3 is 5.32 Å². The van der Waals surface area contributed by atoms with Crippen molar-refractivity contribution in [3.8, 4) is 0 Å². The van der Waals surface area contributed by atoms with Crippen molar-refractivity contribution < 1.29 is 8.42 Å². The SMILES string of the molecule is CCC(CI)c1ccc(S(=O)(=O)N2CCC(c3cc(NCc4cccnc4)n4ncc(Br)c4n3)CC2)cc1. The van der Waals surface area contributed by atoms with Crippen LogP contribution in [-0.4, -0.2) is 49.8 Å². The zero-order valence-electron chi connectivity index (χ0n) is 21.1. The van der Waals surface area contributed by atoms with Gasteiger partial charge >= 0.3 is 0 Å². The number of fused-ring (bicyclic) bond motifs is 1. The Morgan fingerprint density at radius 3 is 2.58 bits per heavy atom. The highest BCUT2D eigenvalue weighted by Crippen LogP contribution is 2.33. The van der Waals surface area contributed by atoms with Gasteiger partial charge in [-0.15, -0.1) is 0 Å². The molecule has 1 fully saturated rings. The van der Waals surface area contributed by atoms with Crippen molar-refractivity contribution in [3.63, 3.8) is 0 Å². The van der Waals surface area contributed by atoms with Gasteiger partial charge in [-0.2, -0.15) is 13.9 Å². The molecule has 11 heteroatoms. The average Bonchev–Trinajstić information content (AvgIpc) is 3.34. The van der Waals surface area contributed by atoms with Crippen LogP contribution in [-0.2, 0) is 16.6 Å². The summed E-state index contributed by atoms with van der Waals surface area (Å²) >= 11 is 5.96. The van der Waals surface area contributed by atoms with E-state index < -0.39 is 10.0 Å². The summed E-state index contributed by atoms with van der Waals surface area (Å²) in [5.74, 6) is 1.45. The minimum absolute atomic E-state index is 0.156. The lowest BCUT2D eigenvalue weighted by molar-refractivity contribution is 0.317. The number of aromatic nitrogens is 4. The summed E-state index contributed by atoms with van der Waals surface area (Å²) < 4.78 is 32.0. The molecule has 1 saturated heterocycles. The molecule has 3 aromatic heterocycles. The maximum atomic E-state index is 13.4. The van der Waals surface area contributed by atoms with Gasteiger partial charge in [-0.05, 0) is 70.4 Å². The number of hydrogen-bond acceptors (Lipinski definition) is 6. The molecule has 1 N–H and O–H groups in total. The Labute approximate surface area is 245 Å². The number of halogens is 2. The van der Waals surface area contributed by atoms with E-state index in [1.807, 2.05) is 36.5 Å². The van der Waals surface area contributed by atoms with E-state index in [1.54, 1.807) is 33.3 Å². The van der Waals surface area contributed by atoms with E-state index in [1.165, 1.54) is 5.56 Å². The average molecular weight is 709 g/mol. The molecule has 1 atom stereocenters. The van der Waals surface area contributed by atoms with Crippen LogP contribution in [0.2, 0.25) is 0 Å². The van der Waals surface area contributed by atoms with Crippen molar-refractivity contribution in [1.82, 2.24) is 23.9 Å². The number of sulfonamides is 1. The maximum absolute atomic E-state index is 13.4. The van der Waals surface area contributed by atoms with E-state index in [0.29, 0.717) is 43.3 Å². The molecule has 1 aromatic carbocycles. The zero-order chi connectivity index (χ0) is 26.7. The summed E-state index contributed by atoms with van der Waals surface area (Å²) in [6.07, 6.45) is 7.79. The first-order chi connectivity index (χ1) is 18.4. The quantitative estimate of drug-likeness (QED) is 0.170. The Bertz CT molecular complexity index is 1490. The molecule has 200 valence electrons. The van der Waals surface area contributed by atoms with Crippen LogP contribution in [0.25, 0.3) is 5.65 Å². The van der Waals surface area contributed by atoms with Crippen molar-refractivity contribution in [2.45, 2.75) is 49.5 Å². The molecule has 0 spiro atoms. The minimum atomic E-state index is -3.53. The van der Waals surface area contributed by atoms with E-state index in [2.05, 4.69) is 60.8 Å². The van der Waals surface area contributed by atoms with Gasteiger partial charge in [0.05, 0.1) is 15.6 Å². The second-order valence-electron chi connectivity index (χ2n) is 9.52. The number of hydrogen-bond donors (Lipinski definition) is 1.